The van der Waals surface area contributed by atoms with E-state index in [0.717, 1.165) is 18.4 Å². The van der Waals surface area contributed by atoms with E-state index in [2.05, 4.69) is 52.6 Å². The first-order chi connectivity index (χ1) is 16.5. The Kier molecular flexibility index (Phi) is 11.0. The van der Waals surface area contributed by atoms with Gasteiger partial charge in [-0.15, -0.1) is 0 Å². The Morgan fingerprint density at radius 3 is 2.46 bits per heavy atom. The summed E-state index contributed by atoms with van der Waals surface area (Å²) in [6.07, 6.45) is 5.62. The second-order valence-corrected chi connectivity index (χ2v) is 15.5. The first-order valence-electron chi connectivity index (χ1n) is 12.9. The Hall–Kier alpha value is -2.14. The number of nitrogens with zero attached hydrogens (tertiary/aromatic N) is 2. The molecule has 1 amide bonds. The maximum absolute atomic E-state index is 12.5. The molecule has 0 aliphatic carbocycles. The predicted molar refractivity (Wildman–Crippen MR) is 143 cm³/mol. The molecule has 1 aromatic carbocycles. The molecule has 7 heteroatoms. The Morgan fingerprint density at radius 2 is 1.86 bits per heavy atom. The number of carbonyl (C=O) groups is 2. The number of amides is 1. The normalized spacial score (nSPS) is 15.6. The smallest absolute Gasteiger partial charge is 0.337 e. The summed E-state index contributed by atoms with van der Waals surface area (Å²) in [5, 5.41) is 4.02. The summed E-state index contributed by atoms with van der Waals surface area (Å²) in [7, 11) is -0.533. The van der Waals surface area contributed by atoms with Crippen LogP contribution in [0.2, 0.25) is 18.1 Å². The van der Waals surface area contributed by atoms with E-state index in [1.165, 1.54) is 20.0 Å². The third kappa shape index (κ3) is 8.78. The molecule has 0 spiro atoms. The largest absolute Gasteiger partial charge is 0.465 e. The molecule has 35 heavy (non-hydrogen) atoms. The predicted octanol–water partition coefficient (Wildman–Crippen LogP) is 5.44. The molecule has 1 unspecified atom stereocenters. The topological polar surface area (TPSA) is 59.1 Å². The summed E-state index contributed by atoms with van der Waals surface area (Å²) in [6.45, 7) is 15.3. The number of unbranched alkanes of at least 4 members (excludes halogenated alkanes) is 2. The van der Waals surface area contributed by atoms with Crippen molar-refractivity contribution in [2.24, 2.45) is 0 Å². The molecule has 1 aliphatic heterocycles. The van der Waals surface area contributed by atoms with Crippen LogP contribution < -0.4 is 0 Å². The molecule has 1 atom stereocenters. The average Bonchev–Trinajstić information content (AvgIpc) is 3.15. The van der Waals surface area contributed by atoms with E-state index in [9.17, 15) is 9.59 Å². The number of benzene rings is 1. The van der Waals surface area contributed by atoms with Gasteiger partial charge in [-0.05, 0) is 55.1 Å². The fraction of sp³-hybridized carbons (Fsp3) is 0.643. The summed E-state index contributed by atoms with van der Waals surface area (Å²) in [5.41, 5.74) is 1.60. The molecule has 0 aromatic heterocycles. The minimum Gasteiger partial charge on any atom is -0.465 e. The van der Waals surface area contributed by atoms with Crippen molar-refractivity contribution in [3.63, 3.8) is 0 Å². The van der Waals surface area contributed by atoms with E-state index in [1.807, 2.05) is 22.2 Å². The van der Waals surface area contributed by atoms with E-state index in [1.54, 1.807) is 12.1 Å². The first kappa shape index (κ1) is 29.1. The summed E-state index contributed by atoms with van der Waals surface area (Å²) in [4.78, 5) is 24.1. The third-order valence-corrected chi connectivity index (χ3v) is 11.5. The van der Waals surface area contributed by atoms with Crippen LogP contribution >= 0.6 is 0 Å². The van der Waals surface area contributed by atoms with Gasteiger partial charge in [0, 0.05) is 19.5 Å². The average molecular weight is 501 g/mol. The fourth-order valence-electron chi connectivity index (χ4n) is 3.75. The summed E-state index contributed by atoms with van der Waals surface area (Å²) >= 11 is 0. The lowest BCUT2D eigenvalue weighted by molar-refractivity contribution is -0.137. The van der Waals surface area contributed by atoms with Crippen molar-refractivity contribution in [3.8, 4) is 11.8 Å². The van der Waals surface area contributed by atoms with Crippen LogP contribution in [-0.4, -0.2) is 63.1 Å². The van der Waals surface area contributed by atoms with Gasteiger partial charge in [-0.1, -0.05) is 64.5 Å². The molecule has 1 saturated heterocycles. The first-order valence-corrected chi connectivity index (χ1v) is 15.8. The van der Waals surface area contributed by atoms with Crippen LogP contribution in [0, 0.1) is 11.8 Å². The molecular weight excluding hydrogens is 456 g/mol. The van der Waals surface area contributed by atoms with Gasteiger partial charge in [-0.3, -0.25) is 9.80 Å². The zero-order chi connectivity index (χ0) is 26.1. The van der Waals surface area contributed by atoms with Crippen LogP contribution in [0.4, 0.5) is 0 Å². The third-order valence-electron chi connectivity index (χ3n) is 7.04. The number of methoxy groups -OCH3 is 1. The highest BCUT2D eigenvalue weighted by Gasteiger charge is 2.38. The Balaban J connectivity index is 2.00. The van der Waals surface area contributed by atoms with Crippen molar-refractivity contribution in [1.82, 2.24) is 10.0 Å². The van der Waals surface area contributed by atoms with Crippen molar-refractivity contribution in [2.45, 2.75) is 90.5 Å². The molecule has 0 N–H and O–H groups in total. The van der Waals surface area contributed by atoms with E-state index < -0.39 is 8.32 Å². The Morgan fingerprint density at radius 1 is 1.17 bits per heavy atom. The highest BCUT2D eigenvalue weighted by molar-refractivity contribution is 6.74. The molecule has 0 bridgehead atoms. The second-order valence-electron chi connectivity index (χ2n) is 10.8. The van der Waals surface area contributed by atoms with Crippen molar-refractivity contribution in [1.29, 1.82) is 0 Å². The lowest BCUT2D eigenvalue weighted by atomic mass is 10.1. The fourth-order valence-corrected chi connectivity index (χ4v) is 4.99. The summed E-state index contributed by atoms with van der Waals surface area (Å²) in [6, 6.07) is 7.35. The number of hydrogen-bond acceptors (Lipinski definition) is 5. The Bertz CT molecular complexity index is 896. The molecule has 2 rings (SSSR count). The van der Waals surface area contributed by atoms with E-state index in [-0.39, 0.29) is 23.0 Å². The van der Waals surface area contributed by atoms with Gasteiger partial charge in [0.05, 0.1) is 19.2 Å². The number of carbonyl (C=O) groups excluding carboxylic acids is 2. The number of rotatable bonds is 11. The molecule has 1 heterocycles. The quantitative estimate of drug-likeness (QED) is 0.175. The number of hydrazine groups is 1. The van der Waals surface area contributed by atoms with E-state index in [4.69, 9.17) is 9.16 Å². The van der Waals surface area contributed by atoms with Crippen LogP contribution in [0.5, 0.6) is 0 Å². The highest BCUT2D eigenvalue weighted by Crippen LogP contribution is 2.37. The minimum absolute atomic E-state index is 0.0532. The van der Waals surface area contributed by atoms with Crippen LogP contribution in [-0.2, 0) is 20.4 Å². The van der Waals surface area contributed by atoms with Gasteiger partial charge in [0.15, 0.2) is 8.32 Å². The molecule has 6 nitrogen and oxygen atoms in total. The molecule has 1 fully saturated rings. The summed E-state index contributed by atoms with van der Waals surface area (Å²) in [5.74, 6) is 6.52. The van der Waals surface area contributed by atoms with Gasteiger partial charge in [0.2, 0.25) is 5.91 Å². The van der Waals surface area contributed by atoms with Crippen molar-refractivity contribution in [2.75, 3.05) is 26.7 Å². The number of esters is 1. The SMILES string of the molecule is CCCCCC(C#CCN1CCC(=O)N1CCc1ccc(C(=O)OC)cc1)O[Si](C)(C)C(C)(C)C. The second kappa shape index (κ2) is 13.2. The van der Waals surface area contributed by atoms with Gasteiger partial charge in [-0.25, -0.2) is 9.80 Å². The zero-order valence-corrected chi connectivity index (χ0v) is 23.8. The van der Waals surface area contributed by atoms with Crippen molar-refractivity contribution < 1.29 is 18.8 Å². The van der Waals surface area contributed by atoms with Gasteiger partial charge in [0.1, 0.15) is 6.10 Å². The van der Waals surface area contributed by atoms with Gasteiger partial charge >= 0.3 is 5.97 Å². The maximum Gasteiger partial charge on any atom is 0.337 e. The lowest BCUT2D eigenvalue weighted by Gasteiger charge is -2.38. The molecular formula is C28H44N2O4Si. The van der Waals surface area contributed by atoms with Crippen molar-refractivity contribution >= 4 is 20.2 Å². The van der Waals surface area contributed by atoms with Gasteiger partial charge in [-0.2, -0.15) is 0 Å². The van der Waals surface area contributed by atoms with E-state index >= 15 is 0 Å². The van der Waals surface area contributed by atoms with Gasteiger partial charge < -0.3 is 9.16 Å². The van der Waals surface area contributed by atoms with Gasteiger partial charge in [0.25, 0.3) is 0 Å². The molecule has 0 radical (unpaired) electrons. The van der Waals surface area contributed by atoms with Crippen LogP contribution in [0.1, 0.15) is 75.7 Å². The highest BCUT2D eigenvalue weighted by atomic mass is 28.4. The monoisotopic (exact) mass is 500 g/mol. The lowest BCUT2D eigenvalue weighted by Crippen LogP contribution is -2.43. The molecule has 1 aliphatic rings. The van der Waals surface area contributed by atoms with Crippen LogP contribution in [0.15, 0.2) is 24.3 Å². The molecule has 0 saturated carbocycles. The number of ether oxygens (including phenoxy) is 1. The number of hydrogen-bond donors (Lipinski definition) is 0. The van der Waals surface area contributed by atoms with Crippen molar-refractivity contribution in [3.05, 3.63) is 35.4 Å². The van der Waals surface area contributed by atoms with Crippen LogP contribution in [0.3, 0.4) is 0 Å². The van der Waals surface area contributed by atoms with E-state index in [0.29, 0.717) is 38.0 Å². The summed E-state index contributed by atoms with van der Waals surface area (Å²) < 4.78 is 11.4. The molecule has 1 aromatic rings. The Labute approximate surface area is 213 Å². The maximum atomic E-state index is 12.5. The standard InChI is InChI=1S/C28H44N2O4Si/c1-8-9-10-12-25(34-35(6,7)28(2,3)4)13-11-20-29-21-19-26(31)30(29)22-18-23-14-16-24(17-15-23)27(32)33-5/h14-17,25H,8-10,12,18-22H2,1-7H3. The zero-order valence-electron chi connectivity index (χ0n) is 22.8. The molecule has 194 valence electrons. The minimum atomic E-state index is -1.91. The van der Waals surface area contributed by atoms with Crippen LogP contribution in [0.25, 0.3) is 0 Å².